The van der Waals surface area contributed by atoms with Gasteiger partial charge in [-0.25, -0.2) is 8.42 Å². The molecule has 0 saturated carbocycles. The van der Waals surface area contributed by atoms with Gasteiger partial charge in [-0.05, 0) is 54.8 Å². The van der Waals surface area contributed by atoms with Crippen LogP contribution in [0.3, 0.4) is 0 Å². The number of hydrogen-bond acceptors (Lipinski definition) is 4. The summed E-state index contributed by atoms with van der Waals surface area (Å²) in [7, 11) is -4.08. The van der Waals surface area contributed by atoms with Crippen molar-refractivity contribution in [2.45, 2.75) is 25.2 Å². The van der Waals surface area contributed by atoms with Gasteiger partial charge in [0.15, 0.2) is 6.61 Å². The molecule has 0 aliphatic rings. The van der Waals surface area contributed by atoms with Crippen molar-refractivity contribution in [3.63, 3.8) is 0 Å². The summed E-state index contributed by atoms with van der Waals surface area (Å²) in [5.41, 5.74) is 2.20. The zero-order chi connectivity index (χ0) is 20.9. The predicted molar refractivity (Wildman–Crippen MR) is 114 cm³/mol. The average Bonchev–Trinajstić information content (AvgIpc) is 2.74. The van der Waals surface area contributed by atoms with Gasteiger partial charge in [-0.2, -0.15) is 4.31 Å². The Hall–Kier alpha value is -3.12. The Morgan fingerprint density at radius 3 is 2.14 bits per heavy atom. The number of para-hydroxylation sites is 1. The molecule has 0 atom stereocenters. The van der Waals surface area contributed by atoms with Crippen LogP contribution in [-0.2, 0) is 21.2 Å². The van der Waals surface area contributed by atoms with E-state index in [1.807, 2.05) is 38.1 Å². The van der Waals surface area contributed by atoms with Crippen LogP contribution in [0.5, 0.6) is 5.75 Å². The molecule has 1 amide bonds. The molecule has 150 valence electrons. The lowest BCUT2D eigenvalue weighted by molar-refractivity contribution is -0.119. The van der Waals surface area contributed by atoms with Crippen LogP contribution in [0.4, 0.5) is 5.69 Å². The van der Waals surface area contributed by atoms with E-state index in [9.17, 15) is 13.2 Å². The number of benzene rings is 3. The van der Waals surface area contributed by atoms with E-state index in [-0.39, 0.29) is 10.6 Å². The Balaban J connectivity index is 1.95. The van der Waals surface area contributed by atoms with Crippen molar-refractivity contribution in [3.8, 4) is 5.75 Å². The third-order valence-corrected chi connectivity index (χ3v) is 6.29. The predicted octanol–water partition coefficient (Wildman–Crippen LogP) is 4.36. The molecule has 0 saturated heterocycles. The van der Waals surface area contributed by atoms with Crippen LogP contribution in [0.1, 0.15) is 18.1 Å². The number of hydrogen-bond donors (Lipinski definition) is 0. The van der Waals surface area contributed by atoms with Gasteiger partial charge in [-0.15, -0.1) is 0 Å². The standard InChI is InChI=1S/C23H23NO4S/c1-3-19-13-15-20(16-14-19)24(29(26,27)21-10-5-4-6-11-21)23(25)17-28-22-12-8-7-9-18(22)2/h4-16H,3,17H2,1-2H3. The summed E-state index contributed by atoms with van der Waals surface area (Å²) in [6.07, 6.45) is 0.816. The number of carbonyl (C=O) groups excluding carboxylic acids is 1. The molecule has 3 aromatic carbocycles. The molecule has 29 heavy (non-hydrogen) atoms. The van der Waals surface area contributed by atoms with E-state index >= 15 is 0 Å². The van der Waals surface area contributed by atoms with Crippen molar-refractivity contribution in [2.24, 2.45) is 0 Å². The van der Waals surface area contributed by atoms with Gasteiger partial charge >= 0.3 is 0 Å². The molecule has 0 radical (unpaired) electrons. The highest BCUT2D eigenvalue weighted by Crippen LogP contribution is 2.25. The summed E-state index contributed by atoms with van der Waals surface area (Å²) in [5, 5.41) is 0. The molecule has 0 unspecified atom stereocenters. The molecule has 3 aromatic rings. The van der Waals surface area contributed by atoms with Crippen molar-refractivity contribution in [1.82, 2.24) is 0 Å². The highest BCUT2D eigenvalue weighted by atomic mass is 32.2. The fraction of sp³-hybridized carbons (Fsp3) is 0.174. The number of sulfonamides is 1. The molecule has 0 fully saturated rings. The number of rotatable bonds is 7. The highest BCUT2D eigenvalue weighted by Gasteiger charge is 2.31. The molecule has 0 aliphatic carbocycles. The zero-order valence-corrected chi connectivity index (χ0v) is 17.2. The van der Waals surface area contributed by atoms with Gasteiger partial charge in [-0.3, -0.25) is 4.79 Å². The summed E-state index contributed by atoms with van der Waals surface area (Å²) in [6.45, 7) is 3.48. The largest absolute Gasteiger partial charge is 0.483 e. The van der Waals surface area contributed by atoms with E-state index in [0.29, 0.717) is 5.75 Å². The van der Waals surface area contributed by atoms with Crippen LogP contribution >= 0.6 is 0 Å². The summed E-state index contributed by atoms with van der Waals surface area (Å²) in [6, 6.07) is 22.1. The Morgan fingerprint density at radius 2 is 1.52 bits per heavy atom. The van der Waals surface area contributed by atoms with E-state index < -0.39 is 22.5 Å². The molecule has 0 heterocycles. The summed E-state index contributed by atoms with van der Waals surface area (Å²) in [4.78, 5) is 13.1. The Labute approximate surface area is 171 Å². The van der Waals surface area contributed by atoms with Crippen molar-refractivity contribution < 1.29 is 17.9 Å². The number of aryl methyl sites for hydroxylation is 2. The van der Waals surface area contributed by atoms with Crippen molar-refractivity contribution >= 4 is 21.6 Å². The van der Waals surface area contributed by atoms with Gasteiger partial charge in [0.05, 0.1) is 10.6 Å². The molecule has 0 N–H and O–H groups in total. The Morgan fingerprint density at radius 1 is 0.897 bits per heavy atom. The molecule has 0 aromatic heterocycles. The average molecular weight is 410 g/mol. The van der Waals surface area contributed by atoms with E-state index in [1.54, 1.807) is 42.5 Å². The van der Waals surface area contributed by atoms with Gasteiger partial charge in [-0.1, -0.05) is 55.5 Å². The third-order valence-electron chi connectivity index (χ3n) is 4.53. The van der Waals surface area contributed by atoms with Gasteiger partial charge in [0.2, 0.25) is 0 Å². The number of ether oxygens (including phenoxy) is 1. The van der Waals surface area contributed by atoms with Gasteiger partial charge in [0, 0.05) is 0 Å². The molecule has 6 heteroatoms. The third kappa shape index (κ3) is 4.66. The number of nitrogens with zero attached hydrogens (tertiary/aromatic N) is 1. The molecular weight excluding hydrogens is 386 g/mol. The van der Waals surface area contributed by atoms with Gasteiger partial charge in [0.25, 0.3) is 15.9 Å². The van der Waals surface area contributed by atoms with Crippen LogP contribution in [-0.4, -0.2) is 20.9 Å². The summed E-state index contributed by atoms with van der Waals surface area (Å²) < 4.78 is 33.0. The fourth-order valence-corrected chi connectivity index (χ4v) is 4.33. The summed E-state index contributed by atoms with van der Waals surface area (Å²) in [5.74, 6) is -0.124. The Kier molecular flexibility index (Phi) is 6.34. The molecule has 0 bridgehead atoms. The minimum atomic E-state index is -4.08. The Bertz CT molecular complexity index is 1080. The van der Waals surface area contributed by atoms with Crippen molar-refractivity contribution in [3.05, 3.63) is 90.0 Å². The lowest BCUT2D eigenvalue weighted by Crippen LogP contribution is -2.40. The SMILES string of the molecule is CCc1ccc(N(C(=O)COc2ccccc2C)S(=O)(=O)c2ccccc2)cc1. The number of anilines is 1. The monoisotopic (exact) mass is 409 g/mol. The lowest BCUT2D eigenvalue weighted by Gasteiger charge is -2.23. The van der Waals surface area contributed by atoms with E-state index in [4.69, 9.17) is 4.74 Å². The van der Waals surface area contributed by atoms with Crippen LogP contribution in [0, 0.1) is 6.92 Å². The lowest BCUT2D eigenvalue weighted by atomic mass is 10.1. The topological polar surface area (TPSA) is 63.7 Å². The summed E-state index contributed by atoms with van der Waals surface area (Å²) >= 11 is 0. The second kappa shape index (κ2) is 8.92. The second-order valence-electron chi connectivity index (χ2n) is 6.55. The van der Waals surface area contributed by atoms with Crippen LogP contribution in [0.25, 0.3) is 0 Å². The van der Waals surface area contributed by atoms with E-state index in [2.05, 4.69) is 0 Å². The number of carbonyl (C=O) groups is 1. The smallest absolute Gasteiger partial charge is 0.278 e. The minimum absolute atomic E-state index is 0.0452. The highest BCUT2D eigenvalue weighted by molar-refractivity contribution is 7.93. The first-order chi connectivity index (χ1) is 13.9. The van der Waals surface area contributed by atoms with Crippen LogP contribution in [0.15, 0.2) is 83.8 Å². The molecular formula is C23H23NO4S. The maximum atomic E-state index is 13.3. The van der Waals surface area contributed by atoms with Crippen LogP contribution < -0.4 is 9.04 Å². The molecule has 5 nitrogen and oxygen atoms in total. The first kappa shape index (κ1) is 20.6. The van der Waals surface area contributed by atoms with Crippen LogP contribution in [0.2, 0.25) is 0 Å². The first-order valence-electron chi connectivity index (χ1n) is 9.34. The normalized spacial score (nSPS) is 11.1. The van der Waals surface area contributed by atoms with E-state index in [1.165, 1.54) is 12.1 Å². The maximum Gasteiger partial charge on any atom is 0.278 e. The quantitative estimate of drug-likeness (QED) is 0.582. The molecule has 3 rings (SSSR count). The van der Waals surface area contributed by atoms with Gasteiger partial charge in [0.1, 0.15) is 5.75 Å². The van der Waals surface area contributed by atoms with Gasteiger partial charge < -0.3 is 4.74 Å². The van der Waals surface area contributed by atoms with Crippen molar-refractivity contribution in [1.29, 1.82) is 0 Å². The molecule has 0 aliphatic heterocycles. The second-order valence-corrected chi connectivity index (χ2v) is 8.34. The van der Waals surface area contributed by atoms with E-state index in [0.717, 1.165) is 21.9 Å². The molecule has 0 spiro atoms. The zero-order valence-electron chi connectivity index (χ0n) is 16.4. The first-order valence-corrected chi connectivity index (χ1v) is 10.8. The number of amides is 1. The minimum Gasteiger partial charge on any atom is -0.483 e. The maximum absolute atomic E-state index is 13.3. The fourth-order valence-electron chi connectivity index (χ4n) is 2.90. The van der Waals surface area contributed by atoms with Crippen molar-refractivity contribution in [2.75, 3.05) is 10.9 Å².